The minimum Gasteiger partial charge on any atom is -0.394 e. The molecule has 4 heteroatoms. The van der Waals surface area contributed by atoms with Crippen LogP contribution in [0, 0.1) is 12.8 Å². The first-order valence-electron chi connectivity index (χ1n) is 6.74. The molecule has 0 aromatic carbocycles. The molecule has 0 amide bonds. The quantitative estimate of drug-likeness (QED) is 0.809. The first kappa shape index (κ1) is 10.9. The molecule has 2 aliphatic rings. The fourth-order valence-electron chi connectivity index (χ4n) is 3.72. The van der Waals surface area contributed by atoms with E-state index in [0.29, 0.717) is 6.04 Å². The molecular formula is C13H22N4. The Morgan fingerprint density at radius 3 is 2.71 bits per heavy atom. The molecule has 1 aliphatic carbocycles. The second-order valence-electron chi connectivity index (χ2n) is 5.54. The Labute approximate surface area is 103 Å². The Morgan fingerprint density at radius 2 is 2.00 bits per heavy atom. The second-order valence-corrected chi connectivity index (χ2v) is 5.54. The highest BCUT2D eigenvalue weighted by Crippen LogP contribution is 2.40. The Balaban J connectivity index is 1.97. The summed E-state index contributed by atoms with van der Waals surface area (Å²) in [7, 11) is 2.01. The fourth-order valence-corrected chi connectivity index (χ4v) is 3.72. The summed E-state index contributed by atoms with van der Waals surface area (Å²) < 4.78 is 1.96. The number of hydrogen-bond donors (Lipinski definition) is 1. The summed E-state index contributed by atoms with van der Waals surface area (Å²) in [4.78, 5) is 2.52. The van der Waals surface area contributed by atoms with E-state index in [4.69, 9.17) is 5.73 Å². The molecule has 1 saturated heterocycles. The number of aromatic nitrogens is 2. The maximum absolute atomic E-state index is 6.19. The fraction of sp³-hybridized carbons (Fsp3) is 0.769. The summed E-state index contributed by atoms with van der Waals surface area (Å²) in [5.74, 6) is 2.04. The van der Waals surface area contributed by atoms with Crippen molar-refractivity contribution in [3.63, 3.8) is 0 Å². The summed E-state index contributed by atoms with van der Waals surface area (Å²) in [6.45, 7) is 3.14. The van der Waals surface area contributed by atoms with Gasteiger partial charge in [0.15, 0.2) is 5.82 Å². The SMILES string of the molecule is Cc1nn(C)c(N2CCCC3CCCC32)c1N. The van der Waals surface area contributed by atoms with Crippen molar-refractivity contribution in [2.45, 2.75) is 45.1 Å². The molecule has 0 spiro atoms. The second kappa shape index (κ2) is 3.93. The van der Waals surface area contributed by atoms with Gasteiger partial charge in [0.25, 0.3) is 0 Å². The molecule has 2 unspecified atom stereocenters. The zero-order valence-electron chi connectivity index (χ0n) is 10.8. The van der Waals surface area contributed by atoms with Crippen LogP contribution in [0.15, 0.2) is 0 Å². The summed E-state index contributed by atoms with van der Waals surface area (Å²) in [6.07, 6.45) is 6.80. The summed E-state index contributed by atoms with van der Waals surface area (Å²) in [5, 5.41) is 4.45. The molecule has 1 aromatic rings. The molecule has 2 heterocycles. The number of nitrogens with two attached hydrogens (primary N) is 1. The third kappa shape index (κ3) is 1.61. The van der Waals surface area contributed by atoms with E-state index in [9.17, 15) is 0 Å². The van der Waals surface area contributed by atoms with Crippen molar-refractivity contribution < 1.29 is 0 Å². The van der Waals surface area contributed by atoms with E-state index in [0.717, 1.165) is 29.7 Å². The van der Waals surface area contributed by atoms with Gasteiger partial charge in [0.05, 0.1) is 11.4 Å². The van der Waals surface area contributed by atoms with Gasteiger partial charge in [-0.15, -0.1) is 0 Å². The van der Waals surface area contributed by atoms with E-state index in [1.807, 2.05) is 18.7 Å². The zero-order valence-corrected chi connectivity index (χ0v) is 10.8. The summed E-state index contributed by atoms with van der Waals surface area (Å²) in [6, 6.07) is 0.709. The van der Waals surface area contributed by atoms with E-state index >= 15 is 0 Å². The third-order valence-electron chi connectivity index (χ3n) is 4.50. The van der Waals surface area contributed by atoms with Crippen LogP contribution < -0.4 is 10.6 Å². The lowest BCUT2D eigenvalue weighted by Crippen LogP contribution is -2.43. The lowest BCUT2D eigenvalue weighted by Gasteiger charge is -2.39. The molecule has 0 radical (unpaired) electrons. The number of anilines is 2. The monoisotopic (exact) mass is 234 g/mol. The molecule has 1 aliphatic heterocycles. The van der Waals surface area contributed by atoms with E-state index in [-0.39, 0.29) is 0 Å². The van der Waals surface area contributed by atoms with E-state index in [1.54, 1.807) is 0 Å². The normalized spacial score (nSPS) is 28.5. The van der Waals surface area contributed by atoms with Crippen LogP contribution in [-0.2, 0) is 7.05 Å². The molecule has 1 aromatic heterocycles. The van der Waals surface area contributed by atoms with Crippen molar-refractivity contribution in [2.24, 2.45) is 13.0 Å². The van der Waals surface area contributed by atoms with E-state index < -0.39 is 0 Å². The molecular weight excluding hydrogens is 212 g/mol. The van der Waals surface area contributed by atoms with Gasteiger partial charge in [-0.2, -0.15) is 5.10 Å². The van der Waals surface area contributed by atoms with E-state index in [2.05, 4.69) is 10.00 Å². The van der Waals surface area contributed by atoms with Crippen LogP contribution in [0.1, 0.15) is 37.8 Å². The van der Waals surface area contributed by atoms with Crippen LogP contribution in [0.5, 0.6) is 0 Å². The van der Waals surface area contributed by atoms with Crippen molar-refractivity contribution in [1.82, 2.24) is 9.78 Å². The summed E-state index contributed by atoms with van der Waals surface area (Å²) in [5.41, 5.74) is 8.03. The standard InChI is InChI=1S/C13H22N4/c1-9-12(14)13(16(2)15-9)17-8-4-6-10-5-3-7-11(10)17/h10-11H,3-8,14H2,1-2H3. The molecule has 0 bridgehead atoms. The number of rotatable bonds is 1. The number of hydrogen-bond acceptors (Lipinski definition) is 3. The van der Waals surface area contributed by atoms with Crippen LogP contribution in [-0.4, -0.2) is 22.4 Å². The van der Waals surface area contributed by atoms with Gasteiger partial charge in [0.1, 0.15) is 0 Å². The van der Waals surface area contributed by atoms with Gasteiger partial charge in [-0.05, 0) is 38.5 Å². The van der Waals surface area contributed by atoms with Crippen molar-refractivity contribution >= 4 is 11.5 Å². The van der Waals surface area contributed by atoms with Crippen LogP contribution in [0.3, 0.4) is 0 Å². The number of nitrogen functional groups attached to an aromatic ring is 1. The van der Waals surface area contributed by atoms with Gasteiger partial charge in [-0.25, -0.2) is 0 Å². The number of nitrogens with zero attached hydrogens (tertiary/aromatic N) is 3. The minimum absolute atomic E-state index is 0.709. The van der Waals surface area contributed by atoms with Crippen molar-refractivity contribution in [1.29, 1.82) is 0 Å². The minimum atomic E-state index is 0.709. The molecule has 3 rings (SSSR count). The lowest BCUT2D eigenvalue weighted by atomic mass is 9.92. The predicted octanol–water partition coefficient (Wildman–Crippen LogP) is 2.08. The van der Waals surface area contributed by atoms with Crippen LogP contribution in [0.25, 0.3) is 0 Å². The Bertz CT molecular complexity index is 423. The Kier molecular flexibility index (Phi) is 2.53. The molecule has 1 saturated carbocycles. The van der Waals surface area contributed by atoms with Crippen LogP contribution >= 0.6 is 0 Å². The molecule has 2 N–H and O–H groups in total. The van der Waals surface area contributed by atoms with Crippen LogP contribution in [0.4, 0.5) is 11.5 Å². The third-order valence-corrected chi connectivity index (χ3v) is 4.50. The predicted molar refractivity (Wildman–Crippen MR) is 70.1 cm³/mol. The maximum Gasteiger partial charge on any atom is 0.150 e. The van der Waals surface area contributed by atoms with Crippen molar-refractivity contribution in [3.8, 4) is 0 Å². The number of piperidine rings is 1. The van der Waals surface area contributed by atoms with E-state index in [1.165, 1.54) is 32.1 Å². The Morgan fingerprint density at radius 1 is 1.24 bits per heavy atom. The van der Waals surface area contributed by atoms with Gasteiger partial charge in [0.2, 0.25) is 0 Å². The molecule has 4 nitrogen and oxygen atoms in total. The summed E-state index contributed by atoms with van der Waals surface area (Å²) >= 11 is 0. The smallest absolute Gasteiger partial charge is 0.150 e. The number of fused-ring (bicyclic) bond motifs is 1. The number of aryl methyl sites for hydroxylation is 2. The molecule has 94 valence electrons. The van der Waals surface area contributed by atoms with Gasteiger partial charge >= 0.3 is 0 Å². The first-order chi connectivity index (χ1) is 8.18. The first-order valence-corrected chi connectivity index (χ1v) is 6.74. The molecule has 2 atom stereocenters. The van der Waals surface area contributed by atoms with Crippen molar-refractivity contribution in [3.05, 3.63) is 5.69 Å². The van der Waals surface area contributed by atoms with Gasteiger partial charge in [-0.3, -0.25) is 4.68 Å². The topological polar surface area (TPSA) is 47.1 Å². The van der Waals surface area contributed by atoms with Gasteiger partial charge in [-0.1, -0.05) is 6.42 Å². The lowest BCUT2D eigenvalue weighted by molar-refractivity contribution is 0.358. The van der Waals surface area contributed by atoms with Crippen LogP contribution in [0.2, 0.25) is 0 Å². The maximum atomic E-state index is 6.19. The largest absolute Gasteiger partial charge is 0.394 e. The molecule has 2 fully saturated rings. The highest BCUT2D eigenvalue weighted by molar-refractivity contribution is 5.66. The molecule has 17 heavy (non-hydrogen) atoms. The zero-order chi connectivity index (χ0) is 12.0. The average Bonchev–Trinajstić information content (AvgIpc) is 2.85. The van der Waals surface area contributed by atoms with Gasteiger partial charge < -0.3 is 10.6 Å². The highest BCUT2D eigenvalue weighted by Gasteiger charge is 2.37. The Hall–Kier alpha value is -1.19. The average molecular weight is 234 g/mol. The van der Waals surface area contributed by atoms with Crippen molar-refractivity contribution in [2.75, 3.05) is 17.2 Å². The highest BCUT2D eigenvalue weighted by atomic mass is 15.4. The van der Waals surface area contributed by atoms with Gasteiger partial charge in [0, 0.05) is 19.6 Å².